The topological polar surface area (TPSA) is 66.2 Å². The zero-order valence-corrected chi connectivity index (χ0v) is 5.82. The summed E-state index contributed by atoms with van der Waals surface area (Å²) < 4.78 is 34.7. The molecule has 0 radical (unpaired) electrons. The molecule has 0 saturated carbocycles. The maximum absolute atomic E-state index is 11.6. The van der Waals surface area contributed by atoms with E-state index in [-0.39, 0.29) is 0 Å². The standard InChI is InChI=1S/C4H5ClF3NO2/c5-1(3(10)11)2(9)4(6,7)8/h1-2H,9H2,(H,10,11)/p-1/t1-,2+/m0/s1. The van der Waals surface area contributed by atoms with Crippen molar-refractivity contribution in [1.82, 2.24) is 0 Å². The van der Waals surface area contributed by atoms with Crippen molar-refractivity contribution in [3.05, 3.63) is 0 Å². The summed E-state index contributed by atoms with van der Waals surface area (Å²) in [6.45, 7) is 0. The second-order valence-electron chi connectivity index (χ2n) is 1.79. The average Bonchev–Trinajstić information content (AvgIpc) is 1.82. The molecular formula is C4H4ClF3NO2-. The Labute approximate surface area is 64.9 Å². The van der Waals surface area contributed by atoms with Gasteiger partial charge in [-0.2, -0.15) is 13.2 Å². The Morgan fingerprint density at radius 3 is 2.00 bits per heavy atom. The molecule has 0 aliphatic carbocycles. The Bertz CT molecular complexity index is 160. The molecule has 2 N–H and O–H groups in total. The first-order valence-corrected chi connectivity index (χ1v) is 2.87. The van der Waals surface area contributed by atoms with Crippen LogP contribution in [0.3, 0.4) is 0 Å². The smallest absolute Gasteiger partial charge is 0.405 e. The number of carbonyl (C=O) groups excluding carboxylic acids is 1. The molecule has 2 atom stereocenters. The summed E-state index contributed by atoms with van der Waals surface area (Å²) in [5.41, 5.74) is 4.42. The third-order valence-electron chi connectivity index (χ3n) is 0.918. The molecule has 0 amide bonds. The largest absolute Gasteiger partial charge is 0.548 e. The van der Waals surface area contributed by atoms with Gasteiger partial charge in [0.05, 0.1) is 11.3 Å². The van der Waals surface area contributed by atoms with E-state index in [4.69, 9.17) is 11.6 Å². The van der Waals surface area contributed by atoms with Crippen LogP contribution < -0.4 is 10.8 Å². The Balaban J connectivity index is 4.25. The van der Waals surface area contributed by atoms with Gasteiger partial charge < -0.3 is 15.6 Å². The van der Waals surface area contributed by atoms with E-state index in [2.05, 4.69) is 5.73 Å². The molecule has 0 aliphatic heterocycles. The highest BCUT2D eigenvalue weighted by Crippen LogP contribution is 2.22. The van der Waals surface area contributed by atoms with Crippen molar-refractivity contribution < 1.29 is 23.1 Å². The van der Waals surface area contributed by atoms with Crippen LogP contribution in [-0.2, 0) is 4.79 Å². The molecule has 0 bridgehead atoms. The van der Waals surface area contributed by atoms with Crippen molar-refractivity contribution in [3.8, 4) is 0 Å². The quantitative estimate of drug-likeness (QED) is 0.582. The van der Waals surface area contributed by atoms with Crippen molar-refractivity contribution in [2.45, 2.75) is 17.6 Å². The normalized spacial score (nSPS) is 17.5. The number of alkyl halides is 4. The van der Waals surface area contributed by atoms with Gasteiger partial charge in [-0.25, -0.2) is 0 Å². The first-order chi connectivity index (χ1) is 4.76. The highest BCUT2D eigenvalue weighted by molar-refractivity contribution is 6.29. The van der Waals surface area contributed by atoms with Crippen LogP contribution in [0.25, 0.3) is 0 Å². The lowest BCUT2D eigenvalue weighted by Gasteiger charge is -2.20. The number of carbonyl (C=O) groups is 1. The zero-order chi connectivity index (χ0) is 9.23. The lowest BCUT2D eigenvalue weighted by molar-refractivity contribution is -0.307. The summed E-state index contributed by atoms with van der Waals surface area (Å²) >= 11 is 4.74. The van der Waals surface area contributed by atoms with Gasteiger partial charge in [0.25, 0.3) is 0 Å². The third-order valence-corrected chi connectivity index (χ3v) is 1.37. The molecule has 0 saturated heterocycles. The van der Waals surface area contributed by atoms with Crippen LogP contribution in [0.1, 0.15) is 0 Å². The Kier molecular flexibility index (Phi) is 3.13. The fourth-order valence-electron chi connectivity index (χ4n) is 0.313. The Morgan fingerprint density at radius 2 is 1.91 bits per heavy atom. The maximum Gasteiger partial charge on any atom is 0.405 e. The molecule has 3 nitrogen and oxygen atoms in total. The van der Waals surface area contributed by atoms with E-state index in [1.54, 1.807) is 0 Å². The van der Waals surface area contributed by atoms with Crippen LogP contribution in [0.5, 0.6) is 0 Å². The molecule has 0 aliphatic rings. The number of halogens is 4. The first kappa shape index (κ1) is 10.5. The Hall–Kier alpha value is -0.490. The fraction of sp³-hybridized carbons (Fsp3) is 0.750. The number of hydrogen-bond donors (Lipinski definition) is 1. The monoisotopic (exact) mass is 190 g/mol. The van der Waals surface area contributed by atoms with Crippen LogP contribution >= 0.6 is 11.6 Å². The second kappa shape index (κ2) is 3.27. The van der Waals surface area contributed by atoms with Crippen LogP contribution in [0, 0.1) is 0 Å². The lowest BCUT2D eigenvalue weighted by Crippen LogP contribution is -2.51. The second-order valence-corrected chi connectivity index (χ2v) is 2.26. The summed E-state index contributed by atoms with van der Waals surface area (Å²) in [4.78, 5) is 9.76. The van der Waals surface area contributed by atoms with Crippen molar-refractivity contribution in [2.75, 3.05) is 0 Å². The summed E-state index contributed by atoms with van der Waals surface area (Å²) in [6, 6.07) is -2.59. The molecule has 0 fully saturated rings. The van der Waals surface area contributed by atoms with Crippen molar-refractivity contribution in [2.24, 2.45) is 5.73 Å². The number of rotatable bonds is 2. The highest BCUT2D eigenvalue weighted by atomic mass is 35.5. The molecule has 11 heavy (non-hydrogen) atoms. The minimum atomic E-state index is -4.81. The van der Waals surface area contributed by atoms with Crippen molar-refractivity contribution >= 4 is 17.6 Å². The molecule has 0 unspecified atom stereocenters. The van der Waals surface area contributed by atoms with E-state index >= 15 is 0 Å². The van der Waals surface area contributed by atoms with E-state index in [0.717, 1.165) is 0 Å². The van der Waals surface area contributed by atoms with Crippen molar-refractivity contribution in [3.63, 3.8) is 0 Å². The minimum Gasteiger partial charge on any atom is -0.548 e. The van der Waals surface area contributed by atoms with Gasteiger partial charge in [0, 0.05) is 0 Å². The molecular weight excluding hydrogens is 186 g/mol. The van der Waals surface area contributed by atoms with Crippen LogP contribution in [0.4, 0.5) is 13.2 Å². The minimum absolute atomic E-state index is 2.03. The fourth-order valence-corrected chi connectivity index (χ4v) is 0.455. The molecule has 0 spiro atoms. The summed E-state index contributed by atoms with van der Waals surface area (Å²) in [5.74, 6) is -2.03. The number of hydrogen-bond acceptors (Lipinski definition) is 3. The van der Waals surface area contributed by atoms with Gasteiger partial charge in [-0.15, -0.1) is 11.6 Å². The van der Waals surface area contributed by atoms with E-state index < -0.39 is 23.6 Å². The van der Waals surface area contributed by atoms with Crippen molar-refractivity contribution in [1.29, 1.82) is 0 Å². The summed E-state index contributed by atoms with van der Waals surface area (Å²) in [5, 5.41) is 7.52. The number of aliphatic carboxylic acids is 1. The van der Waals surface area contributed by atoms with Crippen LogP contribution in [-0.4, -0.2) is 23.6 Å². The van der Waals surface area contributed by atoms with E-state index in [1.165, 1.54) is 0 Å². The number of carboxylic acids is 1. The van der Waals surface area contributed by atoms with Gasteiger partial charge >= 0.3 is 6.18 Å². The first-order valence-electron chi connectivity index (χ1n) is 2.44. The molecule has 0 heterocycles. The molecule has 0 aromatic rings. The van der Waals surface area contributed by atoms with Crippen LogP contribution in [0.2, 0.25) is 0 Å². The lowest BCUT2D eigenvalue weighted by atomic mass is 10.2. The number of carboxylic acid groups (broad SMARTS) is 1. The molecule has 0 rings (SSSR count). The Morgan fingerprint density at radius 1 is 1.55 bits per heavy atom. The summed E-state index contributed by atoms with van der Waals surface area (Å²) in [7, 11) is 0. The highest BCUT2D eigenvalue weighted by Gasteiger charge is 2.41. The SMILES string of the molecule is N[C@H]([C@H](Cl)C(=O)[O-])C(F)(F)F. The third kappa shape index (κ3) is 2.94. The molecule has 0 aromatic carbocycles. The van der Waals surface area contributed by atoms with Gasteiger partial charge in [-0.3, -0.25) is 0 Å². The van der Waals surface area contributed by atoms with Gasteiger partial charge in [0.15, 0.2) is 0 Å². The summed E-state index contributed by atoms with van der Waals surface area (Å²) in [6.07, 6.45) is -4.81. The molecule has 0 aromatic heterocycles. The average molecular weight is 191 g/mol. The van der Waals surface area contributed by atoms with Crippen LogP contribution in [0.15, 0.2) is 0 Å². The van der Waals surface area contributed by atoms with Gasteiger partial charge in [-0.05, 0) is 0 Å². The molecule has 66 valence electrons. The predicted molar refractivity (Wildman–Crippen MR) is 28.7 cm³/mol. The van der Waals surface area contributed by atoms with E-state index in [9.17, 15) is 23.1 Å². The van der Waals surface area contributed by atoms with Gasteiger partial charge in [-0.1, -0.05) is 0 Å². The molecule has 7 heteroatoms. The van der Waals surface area contributed by atoms with E-state index in [0.29, 0.717) is 0 Å². The zero-order valence-electron chi connectivity index (χ0n) is 5.06. The van der Waals surface area contributed by atoms with E-state index in [1.807, 2.05) is 0 Å². The maximum atomic E-state index is 11.6. The number of nitrogens with two attached hydrogens (primary N) is 1. The van der Waals surface area contributed by atoms with Gasteiger partial charge in [0.1, 0.15) is 6.04 Å². The predicted octanol–water partition coefficient (Wildman–Crippen LogP) is -0.767. The van der Waals surface area contributed by atoms with Gasteiger partial charge in [0.2, 0.25) is 0 Å².